The van der Waals surface area contributed by atoms with Crippen LogP contribution in [0.4, 0.5) is 4.39 Å². The van der Waals surface area contributed by atoms with Crippen LogP contribution in [0.1, 0.15) is 13.8 Å². The summed E-state index contributed by atoms with van der Waals surface area (Å²) in [4.78, 5) is 25.0. The molecule has 2 N–H and O–H groups in total. The molecular formula is C18H19FN2O3S. The summed E-state index contributed by atoms with van der Waals surface area (Å²) in [5.74, 6) is -1.50. The molecule has 132 valence electrons. The fourth-order valence-electron chi connectivity index (χ4n) is 1.87. The maximum atomic E-state index is 13.5. The number of nitrogens with one attached hydrogen (secondary N) is 2. The highest BCUT2D eigenvalue weighted by atomic mass is 32.2. The van der Waals surface area contributed by atoms with E-state index in [1.54, 1.807) is 13.0 Å². The van der Waals surface area contributed by atoms with Gasteiger partial charge in [-0.2, -0.15) is 0 Å². The Balaban J connectivity index is 1.80. The zero-order valence-corrected chi connectivity index (χ0v) is 14.7. The standard InChI is InChI=1S/C18H19FN2O3S/c1-12(24-16-11-7-6-10-15(16)19)17(22)20-21-18(23)13(2)25-14-8-4-3-5-9-14/h3-13H,1-2H3,(H,20,22)(H,21,23). The van der Waals surface area contributed by atoms with E-state index in [4.69, 9.17) is 4.74 Å². The first kappa shape index (κ1) is 18.8. The van der Waals surface area contributed by atoms with E-state index in [0.29, 0.717) is 0 Å². The fourth-order valence-corrected chi connectivity index (χ4v) is 2.76. The number of carbonyl (C=O) groups is 2. The minimum Gasteiger partial charge on any atom is -0.478 e. The molecule has 0 aliphatic rings. The Hall–Kier alpha value is -2.54. The van der Waals surface area contributed by atoms with Gasteiger partial charge in [-0.05, 0) is 38.1 Å². The van der Waals surface area contributed by atoms with E-state index in [1.807, 2.05) is 30.3 Å². The maximum Gasteiger partial charge on any atom is 0.279 e. The van der Waals surface area contributed by atoms with Crippen LogP contribution in [-0.4, -0.2) is 23.2 Å². The van der Waals surface area contributed by atoms with Gasteiger partial charge in [-0.1, -0.05) is 30.3 Å². The molecule has 7 heteroatoms. The Morgan fingerprint density at radius 3 is 2.24 bits per heavy atom. The highest BCUT2D eigenvalue weighted by molar-refractivity contribution is 8.00. The predicted octanol–water partition coefficient (Wildman–Crippen LogP) is 2.92. The van der Waals surface area contributed by atoms with Crippen molar-refractivity contribution in [3.63, 3.8) is 0 Å². The number of thioether (sulfide) groups is 1. The molecule has 0 aromatic heterocycles. The van der Waals surface area contributed by atoms with Gasteiger partial charge in [-0.3, -0.25) is 20.4 Å². The van der Waals surface area contributed by atoms with Crippen LogP contribution in [0.25, 0.3) is 0 Å². The summed E-state index contributed by atoms with van der Waals surface area (Å²) in [5.41, 5.74) is 4.64. The Labute approximate surface area is 149 Å². The number of carbonyl (C=O) groups excluding carboxylic acids is 2. The van der Waals surface area contributed by atoms with E-state index < -0.39 is 23.1 Å². The zero-order valence-electron chi connectivity index (χ0n) is 13.9. The Bertz CT molecular complexity index is 727. The summed E-state index contributed by atoms with van der Waals surface area (Å²) < 4.78 is 18.8. The van der Waals surface area contributed by atoms with Crippen LogP contribution in [0.5, 0.6) is 5.75 Å². The zero-order chi connectivity index (χ0) is 18.2. The van der Waals surface area contributed by atoms with Crippen molar-refractivity contribution in [2.24, 2.45) is 0 Å². The number of rotatable bonds is 6. The van der Waals surface area contributed by atoms with Gasteiger partial charge in [0.25, 0.3) is 11.8 Å². The third-order valence-corrected chi connectivity index (χ3v) is 4.36. The molecule has 2 aromatic rings. The summed E-state index contributed by atoms with van der Waals surface area (Å²) in [6, 6.07) is 15.3. The van der Waals surface area contributed by atoms with Crippen molar-refractivity contribution in [3.05, 3.63) is 60.4 Å². The van der Waals surface area contributed by atoms with Crippen molar-refractivity contribution >= 4 is 23.6 Å². The normalized spacial score (nSPS) is 12.8. The first-order valence-electron chi connectivity index (χ1n) is 7.70. The fraction of sp³-hybridized carbons (Fsp3) is 0.222. The number of hydrazine groups is 1. The third-order valence-electron chi connectivity index (χ3n) is 3.24. The first-order valence-corrected chi connectivity index (χ1v) is 8.58. The summed E-state index contributed by atoms with van der Waals surface area (Å²) >= 11 is 1.37. The number of para-hydroxylation sites is 1. The first-order chi connectivity index (χ1) is 12.0. The lowest BCUT2D eigenvalue weighted by molar-refractivity contribution is -0.132. The average molecular weight is 362 g/mol. The van der Waals surface area contributed by atoms with E-state index in [0.717, 1.165) is 4.90 Å². The SMILES string of the molecule is CC(Oc1ccccc1F)C(=O)NNC(=O)C(C)Sc1ccccc1. The molecule has 0 saturated carbocycles. The van der Waals surface area contributed by atoms with Crippen LogP contribution in [0.15, 0.2) is 59.5 Å². The number of halogens is 1. The summed E-state index contributed by atoms with van der Waals surface area (Å²) in [6.45, 7) is 3.20. The molecule has 2 unspecified atom stereocenters. The van der Waals surface area contributed by atoms with Crippen LogP contribution in [0, 0.1) is 5.82 Å². The van der Waals surface area contributed by atoms with Gasteiger partial charge in [0.05, 0.1) is 5.25 Å². The van der Waals surface area contributed by atoms with Crippen molar-refractivity contribution in [2.75, 3.05) is 0 Å². The summed E-state index contributed by atoms with van der Waals surface area (Å²) in [5, 5.41) is -0.398. The number of ether oxygens (including phenoxy) is 1. The second kappa shape index (κ2) is 9.08. The molecule has 2 amide bonds. The lowest BCUT2D eigenvalue weighted by Crippen LogP contribution is -2.49. The predicted molar refractivity (Wildman–Crippen MR) is 94.5 cm³/mol. The number of hydrogen-bond donors (Lipinski definition) is 2. The molecule has 0 bridgehead atoms. The Morgan fingerprint density at radius 2 is 1.56 bits per heavy atom. The summed E-state index contributed by atoms with van der Waals surface area (Å²) in [6.07, 6.45) is -0.964. The van der Waals surface area contributed by atoms with E-state index in [9.17, 15) is 14.0 Å². The van der Waals surface area contributed by atoms with Gasteiger partial charge >= 0.3 is 0 Å². The molecule has 5 nitrogen and oxygen atoms in total. The van der Waals surface area contributed by atoms with Crippen LogP contribution >= 0.6 is 11.8 Å². The number of benzene rings is 2. The molecule has 0 spiro atoms. The lowest BCUT2D eigenvalue weighted by atomic mass is 10.3. The minimum atomic E-state index is -0.964. The van der Waals surface area contributed by atoms with Gasteiger partial charge < -0.3 is 4.74 Å². The second-order valence-corrected chi connectivity index (χ2v) is 6.66. The largest absolute Gasteiger partial charge is 0.478 e. The molecule has 2 aromatic carbocycles. The van der Waals surface area contributed by atoms with E-state index in [-0.39, 0.29) is 11.7 Å². The lowest BCUT2D eigenvalue weighted by Gasteiger charge is -2.17. The smallest absolute Gasteiger partial charge is 0.279 e. The van der Waals surface area contributed by atoms with E-state index in [1.165, 1.54) is 36.9 Å². The van der Waals surface area contributed by atoms with Crippen molar-refractivity contribution < 1.29 is 18.7 Å². The highest BCUT2D eigenvalue weighted by Crippen LogP contribution is 2.22. The van der Waals surface area contributed by atoms with Gasteiger partial charge in [0, 0.05) is 4.90 Å². The second-order valence-electron chi connectivity index (χ2n) is 5.24. The van der Waals surface area contributed by atoms with E-state index in [2.05, 4.69) is 10.9 Å². The molecular weight excluding hydrogens is 343 g/mol. The Kier molecular flexibility index (Phi) is 6.82. The molecule has 0 saturated heterocycles. The topological polar surface area (TPSA) is 67.4 Å². The molecule has 0 heterocycles. The molecule has 2 atom stereocenters. The van der Waals surface area contributed by atoms with Gasteiger partial charge in [-0.25, -0.2) is 4.39 Å². The van der Waals surface area contributed by atoms with Gasteiger partial charge in [-0.15, -0.1) is 11.8 Å². The number of hydrogen-bond acceptors (Lipinski definition) is 4. The number of amides is 2. The van der Waals surface area contributed by atoms with Gasteiger partial charge in [0.15, 0.2) is 17.7 Å². The highest BCUT2D eigenvalue weighted by Gasteiger charge is 2.19. The monoisotopic (exact) mass is 362 g/mol. The van der Waals surface area contributed by atoms with Gasteiger partial charge in [0.2, 0.25) is 0 Å². The van der Waals surface area contributed by atoms with Gasteiger partial charge in [0.1, 0.15) is 0 Å². The van der Waals surface area contributed by atoms with Crippen molar-refractivity contribution in [2.45, 2.75) is 30.1 Å². The van der Waals surface area contributed by atoms with Crippen LogP contribution in [0.2, 0.25) is 0 Å². The van der Waals surface area contributed by atoms with Crippen LogP contribution in [-0.2, 0) is 9.59 Å². The quantitative estimate of drug-likeness (QED) is 0.612. The van der Waals surface area contributed by atoms with Crippen LogP contribution in [0.3, 0.4) is 0 Å². The molecule has 0 aliphatic carbocycles. The summed E-state index contributed by atoms with van der Waals surface area (Å²) in [7, 11) is 0. The van der Waals surface area contributed by atoms with Crippen molar-refractivity contribution in [1.82, 2.24) is 10.9 Å². The van der Waals surface area contributed by atoms with Crippen molar-refractivity contribution in [3.8, 4) is 5.75 Å². The maximum absolute atomic E-state index is 13.5. The molecule has 25 heavy (non-hydrogen) atoms. The van der Waals surface area contributed by atoms with Crippen molar-refractivity contribution in [1.29, 1.82) is 0 Å². The molecule has 0 fully saturated rings. The Morgan fingerprint density at radius 1 is 0.960 bits per heavy atom. The minimum absolute atomic E-state index is 0.0236. The molecule has 0 aliphatic heterocycles. The van der Waals surface area contributed by atoms with E-state index >= 15 is 0 Å². The third kappa shape index (κ3) is 5.79. The molecule has 2 rings (SSSR count). The van der Waals surface area contributed by atoms with Crippen LogP contribution < -0.4 is 15.6 Å². The molecule has 0 radical (unpaired) electrons. The average Bonchev–Trinajstić information content (AvgIpc) is 2.62.